The number of carbonyl (C=O) groups is 1. The van der Waals surface area contributed by atoms with Crippen LogP contribution < -0.4 is 0 Å². The van der Waals surface area contributed by atoms with Gasteiger partial charge in [-0.25, -0.2) is 0 Å². The summed E-state index contributed by atoms with van der Waals surface area (Å²) >= 11 is 0. The van der Waals surface area contributed by atoms with Gasteiger partial charge in [0.25, 0.3) is 0 Å². The molecule has 6 nitrogen and oxygen atoms in total. The van der Waals surface area contributed by atoms with Crippen molar-refractivity contribution in [3.63, 3.8) is 0 Å². The first-order valence-corrected chi connectivity index (χ1v) is 6.69. The average molecular weight is 328 g/mol. The maximum atomic E-state index is 12.4. The summed E-state index contributed by atoms with van der Waals surface area (Å²) in [6.07, 6.45) is -5.43. The van der Waals surface area contributed by atoms with Gasteiger partial charge in [-0.2, -0.15) is 18.2 Å². The number of carbonyl (C=O) groups excluding carboxylic acids is 1. The highest BCUT2D eigenvalue weighted by Gasteiger charge is 2.38. The van der Waals surface area contributed by atoms with Crippen molar-refractivity contribution in [1.29, 1.82) is 0 Å². The van der Waals surface area contributed by atoms with Gasteiger partial charge in [-0.05, 0) is 5.56 Å². The van der Waals surface area contributed by atoms with Gasteiger partial charge in [0.15, 0.2) is 5.78 Å². The van der Waals surface area contributed by atoms with E-state index in [9.17, 15) is 18.0 Å². The molecule has 122 valence electrons. The summed E-state index contributed by atoms with van der Waals surface area (Å²) in [6.45, 7) is 0.767. The highest BCUT2D eigenvalue weighted by atomic mass is 19.4. The molecule has 0 spiro atoms. The summed E-state index contributed by atoms with van der Waals surface area (Å²) in [5.41, 5.74) is 1.03. The van der Waals surface area contributed by atoms with Crippen molar-refractivity contribution in [2.75, 3.05) is 13.2 Å². The van der Waals surface area contributed by atoms with Gasteiger partial charge in [-0.1, -0.05) is 29.4 Å². The van der Waals surface area contributed by atoms with E-state index < -0.39 is 18.4 Å². The fourth-order valence-corrected chi connectivity index (χ4v) is 2.06. The molecule has 9 heteroatoms. The van der Waals surface area contributed by atoms with E-state index in [4.69, 9.17) is 9.47 Å². The van der Waals surface area contributed by atoms with Crippen molar-refractivity contribution in [1.82, 2.24) is 10.1 Å². The van der Waals surface area contributed by atoms with Crippen LogP contribution >= 0.6 is 0 Å². The van der Waals surface area contributed by atoms with E-state index in [0.717, 1.165) is 0 Å². The van der Waals surface area contributed by atoms with Crippen LogP contribution in [0.2, 0.25) is 0 Å². The minimum atomic E-state index is -4.68. The Morgan fingerprint density at radius 3 is 2.39 bits per heavy atom. The quantitative estimate of drug-likeness (QED) is 0.857. The molecule has 1 aromatic heterocycles. The lowest BCUT2D eigenvalue weighted by Gasteiger charge is -2.07. The van der Waals surface area contributed by atoms with Crippen LogP contribution in [0, 0.1) is 0 Å². The standard InChI is InChI=1S/C14H11F3N2O4/c15-14(16,17)13-18-11(19-23-13)9-3-1-8(2-4-9)7-10(20)12-21-5-6-22-12/h1-4,12H,5-7H2. The number of halogens is 3. The molecule has 1 aromatic carbocycles. The molecule has 0 amide bonds. The smallest absolute Gasteiger partial charge is 0.344 e. The molecule has 0 unspecified atom stereocenters. The second-order valence-corrected chi connectivity index (χ2v) is 4.83. The Hall–Kier alpha value is -2.26. The Balaban J connectivity index is 1.69. The first-order chi connectivity index (χ1) is 10.9. The highest BCUT2D eigenvalue weighted by Crippen LogP contribution is 2.29. The van der Waals surface area contributed by atoms with E-state index in [1.165, 1.54) is 12.1 Å². The van der Waals surface area contributed by atoms with Crippen molar-refractivity contribution in [2.24, 2.45) is 0 Å². The number of hydrogen-bond acceptors (Lipinski definition) is 6. The Kier molecular flexibility index (Phi) is 4.14. The number of aromatic nitrogens is 2. The lowest BCUT2D eigenvalue weighted by molar-refractivity contribution is -0.159. The van der Waals surface area contributed by atoms with Crippen molar-refractivity contribution >= 4 is 5.78 Å². The van der Waals surface area contributed by atoms with Crippen LogP contribution in [0.15, 0.2) is 28.8 Å². The van der Waals surface area contributed by atoms with Crippen molar-refractivity contribution in [2.45, 2.75) is 18.9 Å². The van der Waals surface area contributed by atoms with E-state index in [0.29, 0.717) is 24.3 Å². The van der Waals surface area contributed by atoms with E-state index in [2.05, 4.69) is 14.7 Å². The maximum absolute atomic E-state index is 12.4. The Morgan fingerprint density at radius 1 is 1.17 bits per heavy atom. The summed E-state index contributed by atoms with van der Waals surface area (Å²) in [7, 11) is 0. The van der Waals surface area contributed by atoms with Gasteiger partial charge in [-0.15, -0.1) is 0 Å². The maximum Gasteiger partial charge on any atom is 0.471 e. The number of ketones is 1. The SMILES string of the molecule is O=C(Cc1ccc(-c2noc(C(F)(F)F)n2)cc1)C1OCCO1. The number of rotatable bonds is 4. The number of alkyl halides is 3. The molecule has 0 aliphatic carbocycles. The zero-order chi connectivity index (χ0) is 16.4. The average Bonchev–Trinajstić information content (AvgIpc) is 3.19. The number of hydrogen-bond donors (Lipinski definition) is 0. The largest absolute Gasteiger partial charge is 0.471 e. The predicted molar refractivity (Wildman–Crippen MR) is 69.1 cm³/mol. The van der Waals surface area contributed by atoms with Crippen LogP contribution in [-0.2, 0) is 26.9 Å². The molecule has 0 bridgehead atoms. The first kappa shape index (κ1) is 15.6. The van der Waals surface area contributed by atoms with Gasteiger partial charge < -0.3 is 14.0 Å². The summed E-state index contributed by atoms with van der Waals surface area (Å²) in [5.74, 6) is -1.78. The van der Waals surface area contributed by atoms with E-state index in [1.54, 1.807) is 12.1 Å². The minimum absolute atomic E-state index is 0.102. The zero-order valence-electron chi connectivity index (χ0n) is 11.7. The second kappa shape index (κ2) is 6.09. The molecule has 0 atom stereocenters. The zero-order valence-corrected chi connectivity index (χ0v) is 11.7. The van der Waals surface area contributed by atoms with Crippen LogP contribution in [0.3, 0.4) is 0 Å². The van der Waals surface area contributed by atoms with Crippen LogP contribution in [0.25, 0.3) is 11.4 Å². The van der Waals surface area contributed by atoms with Crippen LogP contribution in [0.1, 0.15) is 11.5 Å². The molecule has 2 aromatic rings. The van der Waals surface area contributed by atoms with Crippen LogP contribution in [-0.4, -0.2) is 35.4 Å². The Bertz CT molecular complexity index is 691. The number of benzene rings is 1. The molecule has 1 aliphatic heterocycles. The van der Waals surface area contributed by atoms with Crippen LogP contribution in [0.5, 0.6) is 0 Å². The van der Waals surface area contributed by atoms with Gasteiger partial charge >= 0.3 is 12.1 Å². The van der Waals surface area contributed by atoms with E-state index in [1.807, 2.05) is 0 Å². The third-order valence-electron chi connectivity index (χ3n) is 3.14. The second-order valence-electron chi connectivity index (χ2n) is 4.83. The molecular weight excluding hydrogens is 317 g/mol. The minimum Gasteiger partial charge on any atom is -0.344 e. The van der Waals surface area contributed by atoms with Crippen molar-refractivity contribution in [3.05, 3.63) is 35.7 Å². The molecule has 3 rings (SSSR count). The summed E-state index contributed by atoms with van der Waals surface area (Å²) in [6, 6.07) is 6.24. The van der Waals surface area contributed by atoms with Gasteiger partial charge in [-0.3, -0.25) is 4.79 Å². The summed E-state index contributed by atoms with van der Waals surface area (Å²) < 4.78 is 51.6. The van der Waals surface area contributed by atoms with Gasteiger partial charge in [0, 0.05) is 12.0 Å². The lowest BCUT2D eigenvalue weighted by atomic mass is 10.1. The van der Waals surface area contributed by atoms with Crippen molar-refractivity contribution in [3.8, 4) is 11.4 Å². The number of Topliss-reactive ketones (excluding diaryl/α,β-unsaturated/α-hetero) is 1. The molecule has 1 aliphatic rings. The third-order valence-corrected chi connectivity index (χ3v) is 3.14. The fourth-order valence-electron chi connectivity index (χ4n) is 2.06. The van der Waals surface area contributed by atoms with Crippen LogP contribution in [0.4, 0.5) is 13.2 Å². The molecule has 0 saturated carbocycles. The summed E-state index contributed by atoms with van der Waals surface area (Å²) in [4.78, 5) is 15.2. The summed E-state index contributed by atoms with van der Waals surface area (Å²) in [5, 5.41) is 3.29. The molecular formula is C14H11F3N2O4. The van der Waals surface area contributed by atoms with E-state index in [-0.39, 0.29) is 18.0 Å². The van der Waals surface area contributed by atoms with Gasteiger partial charge in [0.05, 0.1) is 13.2 Å². The normalized spacial score (nSPS) is 16.0. The van der Waals surface area contributed by atoms with E-state index >= 15 is 0 Å². The lowest BCUT2D eigenvalue weighted by Crippen LogP contribution is -2.23. The molecule has 2 heterocycles. The predicted octanol–water partition coefficient (Wildman–Crippen LogP) is 2.24. The topological polar surface area (TPSA) is 74.5 Å². The Labute approximate surface area is 128 Å². The fraction of sp³-hybridized carbons (Fsp3) is 0.357. The first-order valence-electron chi connectivity index (χ1n) is 6.69. The monoisotopic (exact) mass is 328 g/mol. The molecule has 1 fully saturated rings. The van der Waals surface area contributed by atoms with Gasteiger partial charge in [0.1, 0.15) is 0 Å². The Morgan fingerprint density at radius 2 is 1.83 bits per heavy atom. The van der Waals surface area contributed by atoms with Crippen molar-refractivity contribution < 1.29 is 32.0 Å². The molecule has 1 saturated heterocycles. The number of ether oxygens (including phenoxy) is 2. The highest BCUT2D eigenvalue weighted by molar-refractivity contribution is 5.84. The number of nitrogens with zero attached hydrogens (tertiary/aromatic N) is 2. The molecule has 23 heavy (non-hydrogen) atoms. The third kappa shape index (κ3) is 3.57. The molecule has 0 N–H and O–H groups in total. The molecule has 0 radical (unpaired) electrons. The van der Waals surface area contributed by atoms with Gasteiger partial charge in [0.2, 0.25) is 12.1 Å².